The highest BCUT2D eigenvalue weighted by molar-refractivity contribution is 6.02. The monoisotopic (exact) mass is 247 g/mol. The lowest BCUT2D eigenvalue weighted by atomic mass is 10.2. The molecule has 0 atom stereocenters. The van der Waals surface area contributed by atoms with Gasteiger partial charge in [-0.15, -0.1) is 6.42 Å². The fraction of sp³-hybridized carbons (Fsp3) is 0. The average Bonchev–Trinajstić information content (AvgIpc) is 2.47. The highest BCUT2D eigenvalue weighted by Crippen LogP contribution is 2.11. The molecule has 4 heteroatoms. The summed E-state index contributed by atoms with van der Waals surface area (Å²) in [5.74, 6) is 2.14. The first-order valence-electron chi connectivity index (χ1n) is 5.47. The van der Waals surface area contributed by atoms with Crippen LogP contribution in [0, 0.1) is 23.7 Å². The first kappa shape index (κ1) is 12.3. The molecule has 1 N–H and O–H groups in total. The van der Waals surface area contributed by atoms with Crippen LogP contribution in [0.1, 0.15) is 21.6 Å². The molecular formula is C15H9N3O. The topological polar surface area (TPSA) is 65.8 Å². The summed E-state index contributed by atoms with van der Waals surface area (Å²) in [5, 5.41) is 11.3. The summed E-state index contributed by atoms with van der Waals surface area (Å²) in [6.45, 7) is 0. The van der Waals surface area contributed by atoms with Gasteiger partial charge in [-0.1, -0.05) is 12.0 Å². The number of pyridine rings is 1. The molecular weight excluding hydrogens is 238 g/mol. The van der Waals surface area contributed by atoms with E-state index in [2.05, 4.69) is 16.2 Å². The Hall–Kier alpha value is -3.11. The Kier molecular flexibility index (Phi) is 3.56. The van der Waals surface area contributed by atoms with Crippen molar-refractivity contribution >= 4 is 11.6 Å². The number of benzene rings is 1. The molecule has 1 aromatic heterocycles. The molecule has 1 heterocycles. The lowest BCUT2D eigenvalue weighted by molar-refractivity contribution is 0.102. The van der Waals surface area contributed by atoms with Crippen LogP contribution in [0.4, 0.5) is 5.69 Å². The largest absolute Gasteiger partial charge is 0.321 e. The maximum absolute atomic E-state index is 11.9. The molecule has 1 amide bonds. The van der Waals surface area contributed by atoms with Gasteiger partial charge in [0, 0.05) is 17.4 Å². The molecule has 0 saturated heterocycles. The molecule has 1 aromatic carbocycles. The van der Waals surface area contributed by atoms with E-state index in [0.717, 1.165) is 0 Å². The SMILES string of the molecule is C#Cc1cccc(NC(=O)c2ccc(C#N)cn2)c1. The number of rotatable bonds is 2. The minimum atomic E-state index is -0.348. The Morgan fingerprint density at radius 1 is 1.26 bits per heavy atom. The second kappa shape index (κ2) is 5.48. The van der Waals surface area contributed by atoms with E-state index in [4.69, 9.17) is 11.7 Å². The van der Waals surface area contributed by atoms with Crippen molar-refractivity contribution in [2.45, 2.75) is 0 Å². The Morgan fingerprint density at radius 3 is 2.74 bits per heavy atom. The molecule has 19 heavy (non-hydrogen) atoms. The number of anilines is 1. The number of aromatic nitrogens is 1. The first-order valence-corrected chi connectivity index (χ1v) is 5.47. The summed E-state index contributed by atoms with van der Waals surface area (Å²) < 4.78 is 0. The van der Waals surface area contributed by atoms with Crippen LogP contribution >= 0.6 is 0 Å². The number of nitrogens with one attached hydrogen (secondary N) is 1. The third-order valence-electron chi connectivity index (χ3n) is 2.41. The van der Waals surface area contributed by atoms with Gasteiger partial charge in [0.2, 0.25) is 0 Å². The van der Waals surface area contributed by atoms with Crippen LogP contribution < -0.4 is 5.32 Å². The predicted octanol–water partition coefficient (Wildman–Crippen LogP) is 2.19. The van der Waals surface area contributed by atoms with E-state index in [0.29, 0.717) is 16.8 Å². The van der Waals surface area contributed by atoms with Gasteiger partial charge in [-0.3, -0.25) is 4.79 Å². The molecule has 0 aliphatic heterocycles. The third kappa shape index (κ3) is 2.96. The van der Waals surface area contributed by atoms with E-state index in [1.807, 2.05) is 6.07 Å². The maximum Gasteiger partial charge on any atom is 0.274 e. The molecule has 0 aliphatic carbocycles. The minimum absolute atomic E-state index is 0.241. The van der Waals surface area contributed by atoms with E-state index in [9.17, 15) is 4.79 Å². The highest BCUT2D eigenvalue weighted by Gasteiger charge is 2.07. The standard InChI is InChI=1S/C15H9N3O/c1-2-11-4-3-5-13(8-11)18-15(19)14-7-6-12(9-16)10-17-14/h1,3-8,10H,(H,18,19). The van der Waals surface area contributed by atoms with Crippen molar-refractivity contribution < 1.29 is 4.79 Å². The molecule has 90 valence electrons. The van der Waals surface area contributed by atoms with E-state index in [1.54, 1.807) is 30.3 Å². The molecule has 0 saturated carbocycles. The lowest BCUT2D eigenvalue weighted by Crippen LogP contribution is -2.13. The Morgan fingerprint density at radius 2 is 2.11 bits per heavy atom. The molecule has 0 fully saturated rings. The Labute approximate surface area is 110 Å². The van der Waals surface area contributed by atoms with Crippen molar-refractivity contribution in [2.24, 2.45) is 0 Å². The lowest BCUT2D eigenvalue weighted by Gasteiger charge is -2.04. The van der Waals surface area contributed by atoms with Crippen molar-refractivity contribution in [1.29, 1.82) is 5.26 Å². The second-order valence-electron chi connectivity index (χ2n) is 3.72. The summed E-state index contributed by atoms with van der Waals surface area (Å²) >= 11 is 0. The Bertz CT molecular complexity index is 691. The molecule has 0 unspecified atom stereocenters. The van der Waals surface area contributed by atoms with Crippen LogP contribution in [0.3, 0.4) is 0 Å². The zero-order chi connectivity index (χ0) is 13.7. The zero-order valence-electron chi connectivity index (χ0n) is 9.92. The second-order valence-corrected chi connectivity index (χ2v) is 3.72. The summed E-state index contributed by atoms with van der Waals surface area (Å²) in [6, 6.07) is 12.0. The number of nitriles is 1. The maximum atomic E-state index is 11.9. The van der Waals surface area contributed by atoms with Crippen LogP contribution in [0.25, 0.3) is 0 Å². The number of terminal acetylenes is 1. The van der Waals surface area contributed by atoms with Gasteiger partial charge < -0.3 is 5.32 Å². The molecule has 0 spiro atoms. The zero-order valence-corrected chi connectivity index (χ0v) is 9.92. The molecule has 0 bridgehead atoms. The van der Waals surface area contributed by atoms with Gasteiger partial charge in [-0.25, -0.2) is 4.98 Å². The van der Waals surface area contributed by atoms with Gasteiger partial charge in [-0.2, -0.15) is 5.26 Å². The predicted molar refractivity (Wildman–Crippen MR) is 71.3 cm³/mol. The van der Waals surface area contributed by atoms with Gasteiger partial charge in [0.1, 0.15) is 11.8 Å². The van der Waals surface area contributed by atoms with Crippen molar-refractivity contribution in [1.82, 2.24) is 4.98 Å². The number of carbonyl (C=O) groups is 1. The van der Waals surface area contributed by atoms with Crippen molar-refractivity contribution in [3.8, 4) is 18.4 Å². The van der Waals surface area contributed by atoms with Crippen molar-refractivity contribution in [3.05, 3.63) is 59.4 Å². The van der Waals surface area contributed by atoms with E-state index >= 15 is 0 Å². The first-order chi connectivity index (χ1) is 9.22. The summed E-state index contributed by atoms with van der Waals surface area (Å²) in [6.07, 6.45) is 6.64. The van der Waals surface area contributed by atoms with Gasteiger partial charge in [0.25, 0.3) is 5.91 Å². The number of nitrogens with zero attached hydrogens (tertiary/aromatic N) is 2. The van der Waals surface area contributed by atoms with Crippen LogP contribution in [0.15, 0.2) is 42.6 Å². The third-order valence-corrected chi connectivity index (χ3v) is 2.41. The number of hydrogen-bond acceptors (Lipinski definition) is 3. The minimum Gasteiger partial charge on any atom is -0.321 e. The fourth-order valence-electron chi connectivity index (χ4n) is 1.48. The number of carbonyl (C=O) groups excluding carboxylic acids is 1. The van der Waals surface area contributed by atoms with Crippen molar-refractivity contribution in [3.63, 3.8) is 0 Å². The molecule has 0 aliphatic rings. The van der Waals surface area contributed by atoms with E-state index < -0.39 is 0 Å². The summed E-state index contributed by atoms with van der Waals surface area (Å²) in [5.41, 5.74) is 1.94. The quantitative estimate of drug-likeness (QED) is 0.827. The highest BCUT2D eigenvalue weighted by atomic mass is 16.1. The van der Waals surface area contributed by atoms with Crippen LogP contribution in [0.2, 0.25) is 0 Å². The van der Waals surface area contributed by atoms with Gasteiger partial charge in [-0.05, 0) is 30.3 Å². The van der Waals surface area contributed by atoms with E-state index in [-0.39, 0.29) is 11.6 Å². The molecule has 2 rings (SSSR count). The average molecular weight is 247 g/mol. The van der Waals surface area contributed by atoms with Gasteiger partial charge >= 0.3 is 0 Å². The number of amides is 1. The molecule has 0 radical (unpaired) electrons. The fourth-order valence-corrected chi connectivity index (χ4v) is 1.48. The smallest absolute Gasteiger partial charge is 0.274 e. The van der Waals surface area contributed by atoms with Crippen LogP contribution in [0.5, 0.6) is 0 Å². The normalized spacial score (nSPS) is 9.16. The summed E-state index contributed by atoms with van der Waals surface area (Å²) in [4.78, 5) is 15.8. The molecule has 4 nitrogen and oxygen atoms in total. The number of hydrogen-bond donors (Lipinski definition) is 1. The Balaban J connectivity index is 2.16. The van der Waals surface area contributed by atoms with E-state index in [1.165, 1.54) is 12.3 Å². The van der Waals surface area contributed by atoms with Gasteiger partial charge in [0.15, 0.2) is 0 Å². The summed E-state index contributed by atoms with van der Waals surface area (Å²) in [7, 11) is 0. The molecule has 2 aromatic rings. The van der Waals surface area contributed by atoms with Crippen LogP contribution in [-0.2, 0) is 0 Å². The van der Waals surface area contributed by atoms with Crippen LogP contribution in [-0.4, -0.2) is 10.9 Å². The van der Waals surface area contributed by atoms with Crippen molar-refractivity contribution in [2.75, 3.05) is 5.32 Å². The van der Waals surface area contributed by atoms with Gasteiger partial charge in [0.05, 0.1) is 5.56 Å².